The fourth-order valence-electron chi connectivity index (χ4n) is 1.99. The molecule has 0 atom stereocenters. The Labute approximate surface area is 106 Å². The number of carbonyl (C=O) groups is 2. The maximum Gasteiger partial charge on any atom is 0.407 e. The average Bonchev–Trinajstić information content (AvgIpc) is 2.34. The number of hydrogen-bond donors (Lipinski definition) is 2. The summed E-state index contributed by atoms with van der Waals surface area (Å²) in [6.07, 6.45) is 2.20. The van der Waals surface area contributed by atoms with Gasteiger partial charge in [-0.2, -0.15) is 0 Å². The molecule has 0 bridgehead atoms. The molecule has 0 aromatic heterocycles. The van der Waals surface area contributed by atoms with E-state index in [2.05, 4.69) is 11.9 Å². The molecule has 0 aliphatic carbocycles. The summed E-state index contributed by atoms with van der Waals surface area (Å²) in [6.45, 7) is 4.92. The van der Waals surface area contributed by atoms with E-state index in [9.17, 15) is 9.59 Å². The van der Waals surface area contributed by atoms with Gasteiger partial charge in [0, 0.05) is 25.2 Å². The molecule has 2 N–H and O–H groups in total. The molecule has 102 valence electrons. The predicted octanol–water partition coefficient (Wildman–Crippen LogP) is 1.17. The van der Waals surface area contributed by atoms with Crippen molar-refractivity contribution in [2.24, 2.45) is 5.41 Å². The Morgan fingerprint density at radius 3 is 2.67 bits per heavy atom. The van der Waals surface area contributed by atoms with Gasteiger partial charge in [-0.15, -0.1) is 0 Å². The number of hydrogen-bond acceptors (Lipinski definition) is 4. The van der Waals surface area contributed by atoms with Gasteiger partial charge in [0.15, 0.2) is 0 Å². The molecular weight excluding hydrogens is 238 g/mol. The van der Waals surface area contributed by atoms with Crippen LogP contribution in [0.25, 0.3) is 0 Å². The highest BCUT2D eigenvalue weighted by Gasteiger charge is 2.35. The van der Waals surface area contributed by atoms with Crippen LogP contribution in [-0.2, 0) is 14.3 Å². The van der Waals surface area contributed by atoms with Gasteiger partial charge in [-0.05, 0) is 12.8 Å². The monoisotopic (exact) mass is 257 g/mol. The number of carboxylic acid groups (broad SMARTS) is 1. The van der Waals surface area contributed by atoms with E-state index in [-0.39, 0.29) is 13.0 Å². The maximum atomic E-state index is 11.3. The lowest BCUT2D eigenvalue weighted by atomic mass is 9.77. The Bertz CT molecular complexity index is 310. The highest BCUT2D eigenvalue weighted by atomic mass is 16.5. The smallest absolute Gasteiger partial charge is 0.407 e. The standard InChI is InChI=1S/C12H19NO5/c1-2-5-18-11(16)13-9-12(8-10(14)15)3-6-17-7-4-12/h2H,1,3-9H2,(H,13,16)(H,14,15). The molecule has 0 aromatic rings. The summed E-state index contributed by atoms with van der Waals surface area (Å²) in [4.78, 5) is 22.2. The second-order valence-corrected chi connectivity index (χ2v) is 4.42. The minimum atomic E-state index is -0.863. The molecule has 1 rings (SSSR count). The molecule has 0 unspecified atom stereocenters. The van der Waals surface area contributed by atoms with E-state index in [1.54, 1.807) is 0 Å². The second-order valence-electron chi connectivity index (χ2n) is 4.42. The first-order valence-electron chi connectivity index (χ1n) is 5.89. The minimum Gasteiger partial charge on any atom is -0.481 e. The lowest BCUT2D eigenvalue weighted by Gasteiger charge is -2.35. The fourth-order valence-corrected chi connectivity index (χ4v) is 1.99. The lowest BCUT2D eigenvalue weighted by molar-refractivity contribution is -0.141. The first-order chi connectivity index (χ1) is 8.58. The Kier molecular flexibility index (Phi) is 5.64. The summed E-state index contributed by atoms with van der Waals surface area (Å²) < 4.78 is 10.0. The van der Waals surface area contributed by atoms with E-state index >= 15 is 0 Å². The van der Waals surface area contributed by atoms with Crippen molar-refractivity contribution < 1.29 is 24.2 Å². The molecule has 1 amide bonds. The highest BCUT2D eigenvalue weighted by molar-refractivity contribution is 5.69. The number of rotatable bonds is 6. The van der Waals surface area contributed by atoms with Crippen molar-refractivity contribution in [1.82, 2.24) is 5.32 Å². The van der Waals surface area contributed by atoms with Crippen molar-refractivity contribution in [1.29, 1.82) is 0 Å². The van der Waals surface area contributed by atoms with Gasteiger partial charge >= 0.3 is 12.1 Å². The normalized spacial score (nSPS) is 17.8. The number of carboxylic acids is 1. The van der Waals surface area contributed by atoms with Crippen LogP contribution in [0.15, 0.2) is 12.7 Å². The Hall–Kier alpha value is -1.56. The Morgan fingerprint density at radius 2 is 2.11 bits per heavy atom. The topological polar surface area (TPSA) is 84.9 Å². The fraction of sp³-hybridized carbons (Fsp3) is 0.667. The first-order valence-corrected chi connectivity index (χ1v) is 5.89. The van der Waals surface area contributed by atoms with Crippen LogP contribution in [0.4, 0.5) is 4.79 Å². The van der Waals surface area contributed by atoms with Gasteiger partial charge < -0.3 is 19.9 Å². The van der Waals surface area contributed by atoms with Crippen LogP contribution >= 0.6 is 0 Å². The van der Waals surface area contributed by atoms with Crippen LogP contribution in [-0.4, -0.2) is 43.5 Å². The first kappa shape index (κ1) is 14.5. The van der Waals surface area contributed by atoms with E-state index in [0.29, 0.717) is 32.6 Å². The van der Waals surface area contributed by atoms with E-state index in [1.165, 1.54) is 6.08 Å². The van der Waals surface area contributed by atoms with Crippen LogP contribution in [0.3, 0.4) is 0 Å². The lowest BCUT2D eigenvalue weighted by Crippen LogP contribution is -2.42. The number of carbonyl (C=O) groups excluding carboxylic acids is 1. The maximum absolute atomic E-state index is 11.3. The zero-order valence-corrected chi connectivity index (χ0v) is 10.3. The van der Waals surface area contributed by atoms with Crippen molar-refractivity contribution in [3.8, 4) is 0 Å². The van der Waals surface area contributed by atoms with Crippen LogP contribution in [0, 0.1) is 5.41 Å². The van der Waals surface area contributed by atoms with Crippen molar-refractivity contribution in [3.63, 3.8) is 0 Å². The molecule has 6 nitrogen and oxygen atoms in total. The van der Waals surface area contributed by atoms with Gasteiger partial charge in [-0.1, -0.05) is 12.7 Å². The number of amides is 1. The molecule has 0 radical (unpaired) electrons. The number of alkyl carbamates (subject to hydrolysis) is 1. The van der Waals surface area contributed by atoms with Gasteiger partial charge in [0.25, 0.3) is 0 Å². The summed E-state index contributed by atoms with van der Waals surface area (Å²) in [5, 5.41) is 11.5. The third-order valence-corrected chi connectivity index (χ3v) is 3.02. The van der Waals surface area contributed by atoms with Crippen molar-refractivity contribution >= 4 is 12.1 Å². The Balaban J connectivity index is 2.48. The van der Waals surface area contributed by atoms with Crippen molar-refractivity contribution in [2.75, 3.05) is 26.4 Å². The van der Waals surface area contributed by atoms with E-state index < -0.39 is 17.5 Å². The molecule has 1 aliphatic rings. The average molecular weight is 257 g/mol. The second kappa shape index (κ2) is 7.00. The molecule has 1 saturated heterocycles. The van der Waals surface area contributed by atoms with Crippen LogP contribution in [0.5, 0.6) is 0 Å². The van der Waals surface area contributed by atoms with Gasteiger partial charge in [0.1, 0.15) is 6.61 Å². The SMILES string of the molecule is C=CCOC(=O)NCC1(CC(=O)O)CCOCC1. The molecule has 18 heavy (non-hydrogen) atoms. The number of aliphatic carboxylic acids is 1. The summed E-state index contributed by atoms with van der Waals surface area (Å²) in [5.74, 6) is -0.863. The summed E-state index contributed by atoms with van der Waals surface area (Å²) in [7, 11) is 0. The third-order valence-electron chi connectivity index (χ3n) is 3.02. The van der Waals surface area contributed by atoms with E-state index in [0.717, 1.165) is 0 Å². The zero-order valence-electron chi connectivity index (χ0n) is 10.3. The molecule has 0 aromatic carbocycles. The minimum absolute atomic E-state index is 0.0259. The van der Waals surface area contributed by atoms with Crippen LogP contribution in [0.1, 0.15) is 19.3 Å². The van der Waals surface area contributed by atoms with Gasteiger partial charge in [0.2, 0.25) is 0 Å². The zero-order chi connectivity index (χ0) is 13.4. The predicted molar refractivity (Wildman–Crippen MR) is 64.3 cm³/mol. The largest absolute Gasteiger partial charge is 0.481 e. The van der Waals surface area contributed by atoms with Crippen molar-refractivity contribution in [3.05, 3.63) is 12.7 Å². The molecule has 1 fully saturated rings. The molecule has 6 heteroatoms. The van der Waals surface area contributed by atoms with Gasteiger partial charge in [0.05, 0.1) is 6.42 Å². The van der Waals surface area contributed by atoms with Gasteiger partial charge in [-0.3, -0.25) is 4.79 Å². The molecule has 1 heterocycles. The highest BCUT2D eigenvalue weighted by Crippen LogP contribution is 2.33. The van der Waals surface area contributed by atoms with Crippen molar-refractivity contribution in [2.45, 2.75) is 19.3 Å². The molecule has 0 spiro atoms. The quantitative estimate of drug-likeness (QED) is 0.698. The van der Waals surface area contributed by atoms with E-state index in [1.807, 2.05) is 0 Å². The number of nitrogens with one attached hydrogen (secondary N) is 1. The van der Waals surface area contributed by atoms with E-state index in [4.69, 9.17) is 14.6 Å². The third kappa shape index (κ3) is 4.75. The summed E-state index contributed by atoms with van der Waals surface area (Å²) in [6, 6.07) is 0. The molecule has 0 saturated carbocycles. The summed E-state index contributed by atoms with van der Waals surface area (Å²) in [5.41, 5.74) is -0.433. The van der Waals surface area contributed by atoms with Gasteiger partial charge in [-0.25, -0.2) is 4.79 Å². The van der Waals surface area contributed by atoms with Crippen LogP contribution < -0.4 is 5.32 Å². The Morgan fingerprint density at radius 1 is 1.44 bits per heavy atom. The molecule has 1 aliphatic heterocycles. The van der Waals surface area contributed by atoms with Crippen LogP contribution in [0.2, 0.25) is 0 Å². The molecular formula is C12H19NO5. The number of ether oxygens (including phenoxy) is 2. The summed E-state index contributed by atoms with van der Waals surface area (Å²) >= 11 is 0.